The topological polar surface area (TPSA) is 26.3 Å². The summed E-state index contributed by atoms with van der Waals surface area (Å²) in [5.41, 5.74) is 0.0457. The molecule has 0 saturated heterocycles. The lowest BCUT2D eigenvalue weighted by molar-refractivity contribution is -0.137. The third-order valence-electron chi connectivity index (χ3n) is 3.29. The molecule has 0 aromatic heterocycles. The summed E-state index contributed by atoms with van der Waals surface area (Å²) in [6.45, 7) is 1.85. The van der Waals surface area contributed by atoms with E-state index in [4.69, 9.17) is 4.74 Å². The Labute approximate surface area is 126 Å². The lowest BCUT2D eigenvalue weighted by Gasteiger charge is -2.14. The van der Waals surface area contributed by atoms with E-state index in [0.717, 1.165) is 29.8 Å². The summed E-state index contributed by atoms with van der Waals surface area (Å²) in [4.78, 5) is 12.2. The van der Waals surface area contributed by atoms with Crippen molar-refractivity contribution in [2.24, 2.45) is 0 Å². The second kappa shape index (κ2) is 6.64. The first-order chi connectivity index (χ1) is 10.4. The summed E-state index contributed by atoms with van der Waals surface area (Å²) in [6, 6.07) is 13.2. The number of hydrogen-bond donors (Lipinski definition) is 0. The van der Waals surface area contributed by atoms with E-state index in [1.807, 2.05) is 37.3 Å². The second-order valence-electron chi connectivity index (χ2n) is 4.81. The summed E-state index contributed by atoms with van der Waals surface area (Å²) in [5.74, 6) is -0.815. The first kappa shape index (κ1) is 16.1. The van der Waals surface area contributed by atoms with Gasteiger partial charge in [-0.1, -0.05) is 37.3 Å². The predicted molar refractivity (Wildman–Crippen MR) is 76.6 cm³/mol. The normalized spacial score (nSPS) is 12.7. The smallest absolute Gasteiger partial charge is 0.416 e. The van der Waals surface area contributed by atoms with Crippen molar-refractivity contribution >= 4 is 5.97 Å². The number of rotatable bonds is 4. The third-order valence-corrected chi connectivity index (χ3v) is 3.29. The molecule has 0 N–H and O–H groups in total. The monoisotopic (exact) mass is 308 g/mol. The first-order valence-electron chi connectivity index (χ1n) is 6.85. The Balaban J connectivity index is 2.11. The fourth-order valence-corrected chi connectivity index (χ4v) is 2.12. The molecule has 5 heteroatoms. The first-order valence-corrected chi connectivity index (χ1v) is 6.85. The summed E-state index contributed by atoms with van der Waals surface area (Å²) in [5, 5.41) is 0. The van der Waals surface area contributed by atoms with Gasteiger partial charge in [0.25, 0.3) is 0 Å². The number of hydrogen-bond acceptors (Lipinski definition) is 2. The Morgan fingerprint density at radius 2 is 1.64 bits per heavy atom. The Morgan fingerprint density at radius 3 is 2.14 bits per heavy atom. The largest absolute Gasteiger partial charge is 0.426 e. The molecule has 0 saturated carbocycles. The van der Waals surface area contributed by atoms with E-state index < -0.39 is 23.6 Å². The average molecular weight is 308 g/mol. The number of esters is 1. The van der Waals surface area contributed by atoms with E-state index in [2.05, 4.69) is 0 Å². The van der Waals surface area contributed by atoms with Crippen molar-refractivity contribution in [2.45, 2.75) is 25.4 Å². The van der Waals surface area contributed by atoms with Crippen LogP contribution in [0.4, 0.5) is 13.2 Å². The summed E-state index contributed by atoms with van der Waals surface area (Å²) < 4.78 is 42.6. The summed E-state index contributed by atoms with van der Waals surface area (Å²) in [7, 11) is 0. The van der Waals surface area contributed by atoms with Gasteiger partial charge in [-0.25, -0.2) is 0 Å². The minimum Gasteiger partial charge on any atom is -0.426 e. The Kier molecular flexibility index (Phi) is 4.85. The SMILES string of the molecule is CC[C@H](C(=O)Oc1ccc(C(F)(F)F)cc1)c1ccccc1. The van der Waals surface area contributed by atoms with Crippen LogP contribution in [0, 0.1) is 0 Å². The second-order valence-corrected chi connectivity index (χ2v) is 4.81. The fraction of sp³-hybridized carbons (Fsp3) is 0.235. The molecule has 22 heavy (non-hydrogen) atoms. The van der Waals surface area contributed by atoms with E-state index in [-0.39, 0.29) is 5.75 Å². The van der Waals surface area contributed by atoms with E-state index >= 15 is 0 Å². The molecule has 0 aliphatic heterocycles. The van der Waals surface area contributed by atoms with Gasteiger partial charge in [-0.15, -0.1) is 0 Å². The molecule has 1 atom stereocenters. The Morgan fingerprint density at radius 1 is 1.05 bits per heavy atom. The molecule has 0 aliphatic carbocycles. The maximum Gasteiger partial charge on any atom is 0.416 e. The van der Waals surface area contributed by atoms with Crippen LogP contribution < -0.4 is 4.74 Å². The molecule has 2 aromatic rings. The highest BCUT2D eigenvalue weighted by atomic mass is 19.4. The van der Waals surface area contributed by atoms with Gasteiger partial charge in [-0.2, -0.15) is 13.2 Å². The maximum atomic E-state index is 12.5. The van der Waals surface area contributed by atoms with Gasteiger partial charge in [0.05, 0.1) is 11.5 Å². The van der Waals surface area contributed by atoms with Crippen molar-refractivity contribution in [2.75, 3.05) is 0 Å². The highest BCUT2D eigenvalue weighted by molar-refractivity contribution is 5.80. The molecule has 0 amide bonds. The van der Waals surface area contributed by atoms with E-state index in [9.17, 15) is 18.0 Å². The zero-order valence-corrected chi connectivity index (χ0v) is 11.9. The van der Waals surface area contributed by atoms with Gasteiger partial charge in [0, 0.05) is 0 Å². The molecule has 2 aromatic carbocycles. The van der Waals surface area contributed by atoms with Crippen molar-refractivity contribution in [3.05, 3.63) is 65.7 Å². The molecule has 0 fully saturated rings. The van der Waals surface area contributed by atoms with E-state index in [1.165, 1.54) is 0 Å². The maximum absolute atomic E-state index is 12.5. The van der Waals surface area contributed by atoms with Crippen molar-refractivity contribution in [3.63, 3.8) is 0 Å². The van der Waals surface area contributed by atoms with Crippen LogP contribution in [0.3, 0.4) is 0 Å². The quantitative estimate of drug-likeness (QED) is 0.599. The van der Waals surface area contributed by atoms with Crippen molar-refractivity contribution in [3.8, 4) is 5.75 Å². The number of carbonyl (C=O) groups excluding carboxylic acids is 1. The average Bonchev–Trinajstić information content (AvgIpc) is 2.48. The highest BCUT2D eigenvalue weighted by Gasteiger charge is 2.30. The van der Waals surface area contributed by atoms with Gasteiger partial charge in [-0.3, -0.25) is 4.79 Å². The zero-order valence-electron chi connectivity index (χ0n) is 11.9. The molecule has 0 bridgehead atoms. The number of alkyl halides is 3. The molecule has 116 valence electrons. The molecule has 0 radical (unpaired) electrons. The van der Waals surface area contributed by atoms with Crippen LogP contribution in [0.25, 0.3) is 0 Å². The van der Waals surface area contributed by atoms with Gasteiger partial charge in [0.2, 0.25) is 0 Å². The Bertz CT molecular complexity index is 619. The molecule has 0 spiro atoms. The van der Waals surface area contributed by atoms with Crippen molar-refractivity contribution in [1.29, 1.82) is 0 Å². The molecule has 2 nitrogen and oxygen atoms in total. The van der Waals surface area contributed by atoms with Crippen LogP contribution in [0.15, 0.2) is 54.6 Å². The van der Waals surface area contributed by atoms with Crippen LogP contribution in [0.2, 0.25) is 0 Å². The van der Waals surface area contributed by atoms with Gasteiger partial charge in [0.1, 0.15) is 5.75 Å². The molecule has 2 rings (SSSR count). The molecular weight excluding hydrogens is 293 g/mol. The van der Waals surface area contributed by atoms with Gasteiger partial charge >= 0.3 is 12.1 Å². The number of halogens is 3. The van der Waals surface area contributed by atoms with Crippen molar-refractivity contribution in [1.82, 2.24) is 0 Å². The zero-order chi connectivity index (χ0) is 16.2. The predicted octanol–water partition coefficient (Wildman–Crippen LogP) is 4.80. The van der Waals surface area contributed by atoms with Gasteiger partial charge in [0.15, 0.2) is 0 Å². The van der Waals surface area contributed by atoms with Crippen molar-refractivity contribution < 1.29 is 22.7 Å². The van der Waals surface area contributed by atoms with E-state index in [1.54, 1.807) is 0 Å². The van der Waals surface area contributed by atoms with E-state index in [0.29, 0.717) is 6.42 Å². The molecule has 0 aliphatic rings. The van der Waals surface area contributed by atoms with Gasteiger partial charge in [-0.05, 0) is 36.2 Å². The van der Waals surface area contributed by atoms with Crippen LogP contribution >= 0.6 is 0 Å². The third kappa shape index (κ3) is 3.87. The van der Waals surface area contributed by atoms with Gasteiger partial charge < -0.3 is 4.74 Å². The van der Waals surface area contributed by atoms with Crippen LogP contribution in [0.5, 0.6) is 5.75 Å². The van der Waals surface area contributed by atoms with Crippen LogP contribution in [0.1, 0.15) is 30.4 Å². The number of carbonyl (C=O) groups is 1. The molecule has 0 unspecified atom stereocenters. The number of ether oxygens (including phenoxy) is 1. The van der Waals surface area contributed by atoms with Crippen LogP contribution in [-0.2, 0) is 11.0 Å². The fourth-order valence-electron chi connectivity index (χ4n) is 2.12. The highest BCUT2D eigenvalue weighted by Crippen LogP contribution is 2.30. The summed E-state index contributed by atoms with van der Waals surface area (Å²) in [6.07, 6.45) is -3.86. The molecular formula is C17H15F3O2. The standard InChI is InChI=1S/C17H15F3O2/c1-2-15(12-6-4-3-5-7-12)16(21)22-14-10-8-13(9-11-14)17(18,19)20/h3-11,15H,2H2,1H3/t15-/m0/s1. The lowest BCUT2D eigenvalue weighted by Crippen LogP contribution is -2.18. The molecule has 0 heterocycles. The number of benzene rings is 2. The van der Waals surface area contributed by atoms with Crippen LogP contribution in [-0.4, -0.2) is 5.97 Å². The minimum absolute atomic E-state index is 0.104. The Hall–Kier alpha value is -2.30. The lowest BCUT2D eigenvalue weighted by atomic mass is 9.97. The minimum atomic E-state index is -4.40. The summed E-state index contributed by atoms with van der Waals surface area (Å²) >= 11 is 0.